The Morgan fingerprint density at radius 3 is 2.36 bits per heavy atom. The van der Waals surface area contributed by atoms with Crippen molar-refractivity contribution in [2.75, 3.05) is 12.4 Å². The number of amidine groups is 1. The van der Waals surface area contributed by atoms with E-state index in [0.717, 1.165) is 18.4 Å². The second-order valence-electron chi connectivity index (χ2n) is 9.02. The maximum Gasteiger partial charge on any atom is 0.261 e. The number of aliphatic imine (C=N–C) groups is 1. The summed E-state index contributed by atoms with van der Waals surface area (Å²) in [5, 5.41) is 13.8. The third-order valence-electron chi connectivity index (χ3n) is 6.98. The van der Waals surface area contributed by atoms with Crippen LogP contribution in [0.3, 0.4) is 0 Å². The van der Waals surface area contributed by atoms with Crippen LogP contribution in [0, 0.1) is 23.6 Å². The van der Waals surface area contributed by atoms with Gasteiger partial charge in [-0.1, -0.05) is 41.9 Å². The highest BCUT2D eigenvalue weighted by Gasteiger charge is 2.50. The van der Waals surface area contributed by atoms with Gasteiger partial charge in [0.25, 0.3) is 5.91 Å². The molecule has 0 aliphatic heterocycles. The predicted octanol–water partition coefficient (Wildman–Crippen LogP) is 3.94. The number of benzene rings is 2. The van der Waals surface area contributed by atoms with E-state index >= 15 is 0 Å². The van der Waals surface area contributed by atoms with Crippen LogP contribution in [0.4, 0.5) is 10.1 Å². The summed E-state index contributed by atoms with van der Waals surface area (Å²) in [4.78, 5) is 17.0. The lowest BCUT2D eigenvalue weighted by Crippen LogP contribution is -2.31. The molecule has 6 N–H and O–H groups in total. The van der Waals surface area contributed by atoms with Gasteiger partial charge in [0, 0.05) is 18.4 Å². The topological polar surface area (TPSA) is 114 Å². The Balaban J connectivity index is 1.53. The summed E-state index contributed by atoms with van der Waals surface area (Å²) >= 11 is 5.82. The smallest absolute Gasteiger partial charge is 0.261 e. The molecule has 0 saturated heterocycles. The first kappa shape index (κ1) is 23.3. The van der Waals surface area contributed by atoms with Crippen molar-refractivity contribution >= 4 is 29.0 Å². The quantitative estimate of drug-likeness (QED) is 0.301. The number of nitrogens with one attached hydrogen (secondary N) is 1. The minimum atomic E-state index is -0.827. The van der Waals surface area contributed by atoms with Crippen molar-refractivity contribution in [3.63, 3.8) is 0 Å². The Hall–Kier alpha value is -2.90. The number of carbonyl (C=O) groups is 1. The van der Waals surface area contributed by atoms with Gasteiger partial charge in [-0.25, -0.2) is 4.39 Å². The second-order valence-corrected chi connectivity index (χ2v) is 9.42. The van der Waals surface area contributed by atoms with E-state index in [9.17, 15) is 14.3 Å². The molecule has 4 rings (SSSR count). The highest BCUT2D eigenvalue weighted by molar-refractivity contribution is 6.31. The molecule has 2 unspecified atom stereocenters. The van der Waals surface area contributed by atoms with Crippen LogP contribution in [0.15, 0.2) is 64.8 Å². The molecule has 0 bridgehead atoms. The number of amides is 1. The number of hydrogen-bond donors (Lipinski definition) is 4. The number of aliphatic hydroxyl groups is 1. The van der Waals surface area contributed by atoms with Crippen LogP contribution in [0.1, 0.15) is 31.2 Å². The zero-order valence-corrected chi connectivity index (χ0v) is 19.1. The Kier molecular flexibility index (Phi) is 6.45. The molecule has 1 amide bonds. The molecule has 2 atom stereocenters. The molecule has 2 aliphatic carbocycles. The standard InChI is InChI=1S/C25H28ClFN4O2/c1-30-23(29)21(24(32)31-18-7-8-20(27)19(26)11-18)22(28)14-9-15-12-25(33,13-16(15)10-14)17-5-3-2-4-6-17/h2-8,11,14-16,33H,9-10,12-13,28H2,1H3,(H2,29,30)(H,31,32). The summed E-state index contributed by atoms with van der Waals surface area (Å²) in [7, 11) is 1.49. The van der Waals surface area contributed by atoms with Crippen molar-refractivity contribution in [3.05, 3.63) is 76.2 Å². The van der Waals surface area contributed by atoms with Gasteiger partial charge in [0.05, 0.1) is 10.6 Å². The first-order valence-electron chi connectivity index (χ1n) is 11.0. The fourth-order valence-electron chi connectivity index (χ4n) is 5.38. The maximum absolute atomic E-state index is 13.5. The molecule has 0 spiro atoms. The molecule has 0 aromatic heterocycles. The molecule has 2 aliphatic rings. The zero-order valence-electron chi connectivity index (χ0n) is 18.4. The molecule has 2 saturated carbocycles. The Morgan fingerprint density at radius 2 is 1.79 bits per heavy atom. The van der Waals surface area contributed by atoms with Crippen molar-refractivity contribution in [3.8, 4) is 0 Å². The van der Waals surface area contributed by atoms with E-state index in [4.69, 9.17) is 23.1 Å². The molecular weight excluding hydrogens is 443 g/mol. The van der Waals surface area contributed by atoms with E-state index < -0.39 is 17.3 Å². The molecule has 0 radical (unpaired) electrons. The van der Waals surface area contributed by atoms with Gasteiger partial charge in [0.1, 0.15) is 17.2 Å². The monoisotopic (exact) mass is 470 g/mol. The van der Waals surface area contributed by atoms with Crippen LogP contribution in [-0.2, 0) is 10.4 Å². The molecule has 2 fully saturated rings. The van der Waals surface area contributed by atoms with E-state index in [1.54, 1.807) is 0 Å². The average Bonchev–Trinajstić information content (AvgIpc) is 3.32. The van der Waals surface area contributed by atoms with Gasteiger partial charge in [-0.15, -0.1) is 0 Å². The van der Waals surface area contributed by atoms with Crippen molar-refractivity contribution in [1.82, 2.24) is 0 Å². The summed E-state index contributed by atoms with van der Waals surface area (Å²) < 4.78 is 13.5. The summed E-state index contributed by atoms with van der Waals surface area (Å²) in [5.41, 5.74) is 13.5. The van der Waals surface area contributed by atoms with Crippen molar-refractivity contribution in [2.24, 2.45) is 34.2 Å². The van der Waals surface area contributed by atoms with E-state index in [1.807, 2.05) is 30.3 Å². The first-order valence-corrected chi connectivity index (χ1v) is 11.4. The van der Waals surface area contributed by atoms with E-state index in [2.05, 4.69) is 10.3 Å². The molecule has 33 heavy (non-hydrogen) atoms. The molecule has 2 aromatic rings. The Morgan fingerprint density at radius 1 is 1.15 bits per heavy atom. The lowest BCUT2D eigenvalue weighted by Gasteiger charge is -2.26. The number of fused-ring (bicyclic) bond motifs is 1. The zero-order chi connectivity index (χ0) is 23.8. The van der Waals surface area contributed by atoms with Crippen LogP contribution in [0.5, 0.6) is 0 Å². The summed E-state index contributed by atoms with van der Waals surface area (Å²) in [6.07, 6.45) is 2.86. The van der Waals surface area contributed by atoms with Gasteiger partial charge < -0.3 is 21.9 Å². The number of hydrogen-bond acceptors (Lipinski definition) is 4. The van der Waals surface area contributed by atoms with Gasteiger partial charge in [-0.05, 0) is 67.2 Å². The van der Waals surface area contributed by atoms with Crippen molar-refractivity contribution in [1.29, 1.82) is 0 Å². The van der Waals surface area contributed by atoms with Crippen LogP contribution in [-0.4, -0.2) is 23.9 Å². The maximum atomic E-state index is 13.5. The number of halogens is 2. The lowest BCUT2D eigenvalue weighted by molar-refractivity contribution is -0.112. The number of allylic oxidation sites excluding steroid dienone is 1. The molecule has 8 heteroatoms. The van der Waals surface area contributed by atoms with Gasteiger partial charge in [-0.3, -0.25) is 9.79 Å². The Labute approximate surface area is 197 Å². The Bertz CT molecular complexity index is 1100. The molecule has 6 nitrogen and oxygen atoms in total. The van der Waals surface area contributed by atoms with Gasteiger partial charge in [-0.2, -0.15) is 0 Å². The van der Waals surface area contributed by atoms with Gasteiger partial charge in [0.2, 0.25) is 0 Å². The summed E-state index contributed by atoms with van der Waals surface area (Å²) in [5.74, 6) is -0.490. The second kappa shape index (κ2) is 9.15. The highest BCUT2D eigenvalue weighted by Crippen LogP contribution is 2.55. The van der Waals surface area contributed by atoms with Gasteiger partial charge in [0.15, 0.2) is 0 Å². The molecule has 0 heterocycles. The minimum absolute atomic E-state index is 0.0380. The fraction of sp³-hybridized carbons (Fsp3) is 0.360. The number of nitrogens with two attached hydrogens (primary N) is 2. The largest absolute Gasteiger partial charge is 0.401 e. The number of nitrogens with zero attached hydrogens (tertiary/aromatic N) is 1. The fourth-order valence-corrected chi connectivity index (χ4v) is 5.56. The highest BCUT2D eigenvalue weighted by atomic mass is 35.5. The third-order valence-corrected chi connectivity index (χ3v) is 7.27. The van der Waals surface area contributed by atoms with Crippen LogP contribution < -0.4 is 16.8 Å². The lowest BCUT2D eigenvalue weighted by atomic mass is 9.87. The number of carbonyl (C=O) groups excluding carboxylic acids is 1. The van der Waals surface area contributed by atoms with Crippen molar-refractivity contribution < 1.29 is 14.3 Å². The first-order chi connectivity index (χ1) is 15.7. The van der Waals surface area contributed by atoms with Crippen molar-refractivity contribution in [2.45, 2.75) is 31.3 Å². The van der Waals surface area contributed by atoms with E-state index in [0.29, 0.717) is 36.1 Å². The molecule has 174 valence electrons. The van der Waals surface area contributed by atoms with E-state index in [1.165, 1.54) is 25.2 Å². The number of anilines is 1. The normalized spacial score (nSPS) is 27.8. The predicted molar refractivity (Wildman–Crippen MR) is 128 cm³/mol. The molecular formula is C25H28ClFN4O2. The van der Waals surface area contributed by atoms with Gasteiger partial charge >= 0.3 is 0 Å². The molecule has 2 aromatic carbocycles. The number of rotatable bonds is 5. The average molecular weight is 471 g/mol. The van der Waals surface area contributed by atoms with E-state index in [-0.39, 0.29) is 22.3 Å². The summed E-state index contributed by atoms with van der Waals surface area (Å²) in [6.45, 7) is 0. The summed E-state index contributed by atoms with van der Waals surface area (Å²) in [6, 6.07) is 13.7. The van der Waals surface area contributed by atoms with Crippen LogP contribution in [0.2, 0.25) is 5.02 Å². The minimum Gasteiger partial charge on any atom is -0.401 e. The van der Waals surface area contributed by atoms with Crippen LogP contribution >= 0.6 is 11.6 Å². The third kappa shape index (κ3) is 4.61. The SMILES string of the molecule is CN=C(N)C(C(=O)Nc1ccc(F)c(Cl)c1)=C(N)C1CC2CC(O)(c3ccccc3)CC2C1. The van der Waals surface area contributed by atoms with Crippen LogP contribution in [0.25, 0.3) is 0 Å².